The number of rotatable bonds is 6. The highest BCUT2D eigenvalue weighted by atomic mass is 35.5. The molecule has 6 aromatic rings. The number of nitrogens with zero attached hydrogens (tertiary/aromatic N) is 3. The molecule has 0 unspecified atom stereocenters. The average molecular weight is 508 g/mol. The first-order valence-electron chi connectivity index (χ1n) is 11.7. The minimum atomic E-state index is -0.473. The van der Waals surface area contributed by atoms with Crippen molar-refractivity contribution in [2.45, 2.75) is 12.3 Å². The molecular weight excluding hydrogens is 486 g/mol. The maximum Gasteiger partial charge on any atom is 0.248 e. The van der Waals surface area contributed by atoms with E-state index in [0.717, 1.165) is 38.5 Å². The van der Waals surface area contributed by atoms with Crippen LogP contribution >= 0.6 is 11.6 Å². The zero-order valence-corrected chi connectivity index (χ0v) is 20.3. The summed E-state index contributed by atoms with van der Waals surface area (Å²) in [6.45, 7) is 0. The van der Waals surface area contributed by atoms with Gasteiger partial charge in [-0.25, -0.2) is 4.98 Å². The van der Waals surface area contributed by atoms with Gasteiger partial charge in [-0.1, -0.05) is 54.1 Å². The molecule has 0 saturated heterocycles. The lowest BCUT2D eigenvalue weighted by Gasteiger charge is -2.17. The summed E-state index contributed by atoms with van der Waals surface area (Å²) in [5, 5.41) is 10.1. The van der Waals surface area contributed by atoms with Crippen molar-refractivity contribution >= 4 is 45.0 Å². The van der Waals surface area contributed by atoms with Crippen LogP contribution in [0.5, 0.6) is 0 Å². The first-order valence-corrected chi connectivity index (χ1v) is 12.1. The molecule has 3 aromatic heterocycles. The van der Waals surface area contributed by atoms with Gasteiger partial charge in [0.25, 0.3) is 0 Å². The summed E-state index contributed by atoms with van der Waals surface area (Å²) < 4.78 is 0. The van der Waals surface area contributed by atoms with Crippen LogP contribution in [0.15, 0.2) is 79.0 Å². The van der Waals surface area contributed by atoms with Crippen LogP contribution in [0.2, 0.25) is 5.15 Å². The number of benzene rings is 3. The van der Waals surface area contributed by atoms with Gasteiger partial charge in [0.1, 0.15) is 16.7 Å². The first-order chi connectivity index (χ1) is 18.0. The van der Waals surface area contributed by atoms with E-state index in [9.17, 15) is 4.79 Å². The topological polar surface area (TPSA) is 139 Å². The molecule has 0 radical (unpaired) electrons. The van der Waals surface area contributed by atoms with Crippen LogP contribution in [0, 0.1) is 0 Å². The summed E-state index contributed by atoms with van der Waals surface area (Å²) in [4.78, 5) is 24.8. The predicted molar refractivity (Wildman–Crippen MR) is 145 cm³/mol. The van der Waals surface area contributed by atoms with E-state index in [1.807, 2.05) is 48.5 Å². The Kier molecular flexibility index (Phi) is 5.58. The predicted octanol–water partition coefficient (Wildman–Crippen LogP) is 5.21. The van der Waals surface area contributed by atoms with Crippen molar-refractivity contribution in [2.75, 3.05) is 5.73 Å². The fourth-order valence-corrected chi connectivity index (χ4v) is 4.97. The van der Waals surface area contributed by atoms with E-state index in [-0.39, 0.29) is 5.92 Å². The molecule has 3 heterocycles. The summed E-state index contributed by atoms with van der Waals surface area (Å²) in [7, 11) is 0. The van der Waals surface area contributed by atoms with Crippen LogP contribution in [0.25, 0.3) is 32.9 Å². The molecule has 6 N–H and O–H groups in total. The molecule has 0 aliphatic carbocycles. The summed E-state index contributed by atoms with van der Waals surface area (Å²) >= 11 is 6.70. The number of primary amides is 1. The lowest BCUT2D eigenvalue weighted by molar-refractivity contribution is 0.100. The highest BCUT2D eigenvalue weighted by Gasteiger charge is 2.25. The number of nitrogens with one attached hydrogen (secondary N) is 2. The maximum atomic E-state index is 11.7. The normalized spacial score (nSPS) is 12.2. The molecule has 0 spiro atoms. The van der Waals surface area contributed by atoms with E-state index in [2.05, 4.69) is 27.3 Å². The Bertz CT molecular complexity index is 1770. The molecule has 8 nitrogen and oxygen atoms in total. The molecule has 1 atom stereocenters. The third-order valence-corrected chi connectivity index (χ3v) is 6.84. The smallest absolute Gasteiger partial charge is 0.248 e. The fraction of sp³-hybridized carbons (Fsp3) is 0.0714. The molecule has 0 saturated carbocycles. The van der Waals surface area contributed by atoms with Crippen LogP contribution in [0.4, 0.5) is 5.82 Å². The van der Waals surface area contributed by atoms with Crippen molar-refractivity contribution in [3.63, 3.8) is 0 Å². The van der Waals surface area contributed by atoms with Crippen molar-refractivity contribution in [3.8, 4) is 11.3 Å². The number of halogens is 1. The van der Waals surface area contributed by atoms with Gasteiger partial charge in [0.15, 0.2) is 5.82 Å². The zero-order valence-electron chi connectivity index (χ0n) is 19.6. The lowest BCUT2D eigenvalue weighted by atomic mass is 9.91. The number of pyridine rings is 1. The molecule has 3 aromatic carbocycles. The molecule has 0 bridgehead atoms. The molecule has 37 heavy (non-hydrogen) atoms. The minimum absolute atomic E-state index is 0.233. The number of carbonyl (C=O) groups is 1. The monoisotopic (exact) mass is 507 g/mol. The van der Waals surface area contributed by atoms with Crippen molar-refractivity contribution < 1.29 is 4.79 Å². The van der Waals surface area contributed by atoms with Gasteiger partial charge in [0, 0.05) is 28.1 Å². The molecule has 0 aliphatic heterocycles. The number of carbonyl (C=O) groups excluding carboxylic acids is 1. The molecule has 0 aliphatic rings. The Balaban J connectivity index is 1.49. The Morgan fingerprint density at radius 2 is 1.81 bits per heavy atom. The number of aromatic amines is 2. The number of aromatic nitrogens is 5. The quantitative estimate of drug-likeness (QED) is 0.245. The van der Waals surface area contributed by atoms with Crippen LogP contribution < -0.4 is 11.5 Å². The minimum Gasteiger partial charge on any atom is -0.382 e. The lowest BCUT2D eigenvalue weighted by Crippen LogP contribution is -2.12. The third-order valence-electron chi connectivity index (χ3n) is 6.57. The zero-order chi connectivity index (χ0) is 25.5. The number of nitrogen functional groups attached to an aromatic ring is 1. The van der Waals surface area contributed by atoms with Crippen LogP contribution in [0.3, 0.4) is 0 Å². The van der Waals surface area contributed by atoms with Crippen LogP contribution in [-0.4, -0.2) is 31.1 Å². The maximum absolute atomic E-state index is 11.7. The number of nitrogens with two attached hydrogens (primary N) is 2. The van der Waals surface area contributed by atoms with E-state index in [1.54, 1.807) is 18.3 Å². The van der Waals surface area contributed by atoms with Gasteiger partial charge in [0.2, 0.25) is 5.91 Å². The Labute approximate surface area is 216 Å². The van der Waals surface area contributed by atoms with Gasteiger partial charge in [-0.3, -0.25) is 14.9 Å². The largest absolute Gasteiger partial charge is 0.382 e. The highest BCUT2D eigenvalue weighted by Crippen LogP contribution is 2.35. The van der Waals surface area contributed by atoms with Gasteiger partial charge in [-0.15, -0.1) is 0 Å². The summed E-state index contributed by atoms with van der Waals surface area (Å²) in [5.74, 6) is 0.426. The second kappa shape index (κ2) is 9.07. The van der Waals surface area contributed by atoms with Crippen LogP contribution in [0.1, 0.15) is 33.4 Å². The Morgan fingerprint density at radius 3 is 2.62 bits per heavy atom. The van der Waals surface area contributed by atoms with Crippen molar-refractivity contribution in [1.82, 2.24) is 25.1 Å². The molecule has 6 rings (SSSR count). The number of hydrogen-bond acceptors (Lipinski definition) is 5. The number of fused-ring (bicyclic) bond motifs is 2. The van der Waals surface area contributed by atoms with Crippen molar-refractivity contribution in [1.29, 1.82) is 0 Å². The van der Waals surface area contributed by atoms with Crippen molar-refractivity contribution in [3.05, 3.63) is 107 Å². The SMILES string of the molecule is NC(=O)c1ccc2c([C@H](Cc3ccccc3)c3nc(-c4ccc5c(N)n[nH]c5c4)c(Cl)[nH]3)nccc2c1. The average Bonchev–Trinajstić information content (AvgIpc) is 3.49. The van der Waals surface area contributed by atoms with E-state index < -0.39 is 5.91 Å². The van der Waals surface area contributed by atoms with E-state index in [1.165, 1.54) is 0 Å². The molecule has 182 valence electrons. The second-order valence-electron chi connectivity index (χ2n) is 8.89. The Morgan fingerprint density at radius 1 is 1.00 bits per heavy atom. The van der Waals surface area contributed by atoms with Gasteiger partial charge in [-0.05, 0) is 47.7 Å². The second-order valence-corrected chi connectivity index (χ2v) is 9.27. The molecule has 1 amide bonds. The van der Waals surface area contributed by atoms with Gasteiger partial charge < -0.3 is 16.5 Å². The van der Waals surface area contributed by atoms with E-state index >= 15 is 0 Å². The number of H-pyrrole nitrogens is 2. The van der Waals surface area contributed by atoms with E-state index in [4.69, 9.17) is 33.0 Å². The first kappa shape index (κ1) is 22.8. The van der Waals surface area contributed by atoms with Gasteiger partial charge in [0.05, 0.1) is 17.1 Å². The summed E-state index contributed by atoms with van der Waals surface area (Å²) in [6.07, 6.45) is 2.38. The molecule has 9 heteroatoms. The summed E-state index contributed by atoms with van der Waals surface area (Å²) in [5.41, 5.74) is 16.1. The number of hydrogen-bond donors (Lipinski definition) is 4. The Hall–Kier alpha value is -4.69. The molecule has 0 fully saturated rings. The number of imidazole rings is 1. The number of amides is 1. The van der Waals surface area contributed by atoms with Crippen LogP contribution in [-0.2, 0) is 6.42 Å². The summed E-state index contributed by atoms with van der Waals surface area (Å²) in [6, 6.07) is 23.2. The molecular formula is C28H22ClN7O. The van der Waals surface area contributed by atoms with Gasteiger partial charge in [-0.2, -0.15) is 5.10 Å². The fourth-order valence-electron chi connectivity index (χ4n) is 4.72. The third kappa shape index (κ3) is 4.17. The number of anilines is 1. The highest BCUT2D eigenvalue weighted by molar-refractivity contribution is 6.32. The van der Waals surface area contributed by atoms with Crippen molar-refractivity contribution in [2.24, 2.45) is 5.73 Å². The standard InChI is InChI=1S/C28H22ClN7O/c29-25-23(17-6-9-20-22(14-17)35-36-26(20)30)33-28(34-25)21(12-15-4-2-1-3-5-15)24-19-8-7-18(27(31)37)13-16(19)10-11-32-24/h1-11,13-14,21H,12H2,(H2,31,37)(H,33,34)(H3,30,35,36)/t21-/m0/s1. The van der Waals surface area contributed by atoms with Gasteiger partial charge >= 0.3 is 0 Å². The van der Waals surface area contributed by atoms with E-state index in [0.29, 0.717) is 34.5 Å².